The fourth-order valence-corrected chi connectivity index (χ4v) is 3.59. The standard InChI is InChI=1S/C21H24N4O2/c1-12-5-6-15(13(2)9-12)11-24(3)21(27)16-10-17(14-7-8-14)22-19-18(16)20(26)23-25(19)4/h5-6,9-10,14H,7-8,11H2,1-4H3,(H,23,26). The van der Waals surface area contributed by atoms with Crippen molar-refractivity contribution >= 4 is 16.9 Å². The van der Waals surface area contributed by atoms with Gasteiger partial charge >= 0.3 is 0 Å². The second kappa shape index (κ2) is 6.37. The lowest BCUT2D eigenvalue weighted by atomic mass is 10.0. The van der Waals surface area contributed by atoms with Crippen molar-refractivity contribution in [2.45, 2.75) is 39.2 Å². The number of nitrogens with zero attached hydrogens (tertiary/aromatic N) is 3. The van der Waals surface area contributed by atoms with Crippen LogP contribution in [0.25, 0.3) is 11.0 Å². The number of nitrogens with one attached hydrogen (secondary N) is 1. The van der Waals surface area contributed by atoms with Gasteiger partial charge in [-0.1, -0.05) is 23.8 Å². The summed E-state index contributed by atoms with van der Waals surface area (Å²) in [7, 11) is 3.53. The number of rotatable bonds is 4. The van der Waals surface area contributed by atoms with Crippen LogP contribution in [0.4, 0.5) is 0 Å². The molecule has 140 valence electrons. The van der Waals surface area contributed by atoms with Crippen LogP contribution in [-0.2, 0) is 13.6 Å². The Morgan fingerprint density at radius 2 is 2.04 bits per heavy atom. The van der Waals surface area contributed by atoms with Crippen LogP contribution < -0.4 is 5.56 Å². The van der Waals surface area contributed by atoms with Gasteiger partial charge in [-0.2, -0.15) is 0 Å². The van der Waals surface area contributed by atoms with Crippen molar-refractivity contribution < 1.29 is 4.79 Å². The van der Waals surface area contributed by atoms with Gasteiger partial charge in [0.2, 0.25) is 0 Å². The molecule has 0 aliphatic heterocycles. The molecule has 3 aromatic rings. The Hall–Kier alpha value is -2.89. The van der Waals surface area contributed by atoms with Gasteiger partial charge in [-0.15, -0.1) is 0 Å². The number of fused-ring (bicyclic) bond motifs is 1. The van der Waals surface area contributed by atoms with E-state index in [1.165, 1.54) is 5.56 Å². The van der Waals surface area contributed by atoms with E-state index in [1.807, 2.05) is 6.07 Å². The highest BCUT2D eigenvalue weighted by Crippen LogP contribution is 2.40. The fourth-order valence-electron chi connectivity index (χ4n) is 3.59. The minimum absolute atomic E-state index is 0.152. The van der Waals surface area contributed by atoms with E-state index in [4.69, 9.17) is 0 Å². The van der Waals surface area contributed by atoms with Gasteiger partial charge in [0.25, 0.3) is 11.5 Å². The number of benzene rings is 1. The quantitative estimate of drug-likeness (QED) is 0.773. The van der Waals surface area contributed by atoms with Crippen molar-refractivity contribution in [1.82, 2.24) is 19.7 Å². The van der Waals surface area contributed by atoms with Crippen LogP contribution >= 0.6 is 0 Å². The van der Waals surface area contributed by atoms with Gasteiger partial charge in [0.05, 0.1) is 10.9 Å². The van der Waals surface area contributed by atoms with Gasteiger partial charge in [0, 0.05) is 32.3 Å². The smallest absolute Gasteiger partial charge is 0.274 e. The number of pyridine rings is 1. The molecule has 0 bridgehead atoms. The topological polar surface area (TPSA) is 71.0 Å². The van der Waals surface area contributed by atoms with Gasteiger partial charge in [0.1, 0.15) is 0 Å². The molecule has 4 rings (SSSR count). The van der Waals surface area contributed by atoms with E-state index in [-0.39, 0.29) is 11.5 Å². The molecule has 0 atom stereocenters. The monoisotopic (exact) mass is 364 g/mol. The molecule has 1 saturated carbocycles. The van der Waals surface area contributed by atoms with Crippen LogP contribution in [0.2, 0.25) is 0 Å². The Bertz CT molecular complexity index is 1110. The summed E-state index contributed by atoms with van der Waals surface area (Å²) in [5.74, 6) is 0.247. The van der Waals surface area contributed by atoms with Crippen LogP contribution in [0.1, 0.15) is 51.5 Å². The molecule has 0 unspecified atom stereocenters. The van der Waals surface area contributed by atoms with Crippen LogP contribution in [0, 0.1) is 13.8 Å². The van der Waals surface area contributed by atoms with E-state index in [0.717, 1.165) is 29.7 Å². The average molecular weight is 364 g/mol. The number of hydrogen-bond acceptors (Lipinski definition) is 3. The third-order valence-corrected chi connectivity index (χ3v) is 5.31. The molecular weight excluding hydrogens is 340 g/mol. The molecule has 6 heteroatoms. The van der Waals surface area contributed by atoms with Crippen molar-refractivity contribution in [2.24, 2.45) is 7.05 Å². The second-order valence-electron chi connectivity index (χ2n) is 7.66. The number of carbonyl (C=O) groups excluding carboxylic acids is 1. The van der Waals surface area contributed by atoms with Crippen LogP contribution in [0.3, 0.4) is 0 Å². The minimum atomic E-state index is -0.273. The van der Waals surface area contributed by atoms with Crippen molar-refractivity contribution in [2.75, 3.05) is 7.05 Å². The lowest BCUT2D eigenvalue weighted by Crippen LogP contribution is -2.27. The molecule has 1 aliphatic rings. The molecule has 1 fully saturated rings. The van der Waals surface area contributed by atoms with Crippen molar-refractivity contribution in [3.05, 3.63) is 62.6 Å². The molecule has 0 saturated heterocycles. The maximum absolute atomic E-state index is 13.2. The zero-order valence-electron chi connectivity index (χ0n) is 16.2. The summed E-state index contributed by atoms with van der Waals surface area (Å²) in [5, 5.41) is 3.10. The van der Waals surface area contributed by atoms with Gasteiger partial charge in [0.15, 0.2) is 5.65 Å². The van der Waals surface area contributed by atoms with E-state index in [1.54, 1.807) is 23.7 Å². The first-order valence-electron chi connectivity index (χ1n) is 9.26. The zero-order chi connectivity index (χ0) is 19.3. The van der Waals surface area contributed by atoms with Crippen molar-refractivity contribution in [1.29, 1.82) is 0 Å². The molecule has 6 nitrogen and oxygen atoms in total. The molecule has 27 heavy (non-hydrogen) atoms. The summed E-state index contributed by atoms with van der Waals surface area (Å²) in [6.45, 7) is 4.61. The van der Waals surface area contributed by atoms with E-state index >= 15 is 0 Å². The number of hydrogen-bond donors (Lipinski definition) is 1. The fraction of sp³-hybridized carbons (Fsp3) is 0.381. The number of aromatic amines is 1. The molecule has 1 aromatic carbocycles. The van der Waals surface area contributed by atoms with Gasteiger partial charge < -0.3 is 4.90 Å². The largest absolute Gasteiger partial charge is 0.337 e. The SMILES string of the molecule is Cc1ccc(CN(C)C(=O)c2cc(C3CC3)nc3c2c(=O)[nH]n3C)c(C)c1. The number of aromatic nitrogens is 3. The van der Waals surface area contributed by atoms with Crippen molar-refractivity contribution in [3.63, 3.8) is 0 Å². The maximum Gasteiger partial charge on any atom is 0.274 e. The van der Waals surface area contributed by atoms with Crippen LogP contribution in [-0.4, -0.2) is 32.6 Å². The Labute approximate surface area is 157 Å². The predicted molar refractivity (Wildman–Crippen MR) is 105 cm³/mol. The third kappa shape index (κ3) is 3.16. The van der Waals surface area contributed by atoms with Crippen LogP contribution in [0.15, 0.2) is 29.1 Å². The van der Waals surface area contributed by atoms with Gasteiger partial charge in [-0.05, 0) is 43.9 Å². The van der Waals surface area contributed by atoms with Gasteiger partial charge in [-0.25, -0.2) is 4.98 Å². The van der Waals surface area contributed by atoms with Crippen LogP contribution in [0.5, 0.6) is 0 Å². The number of amides is 1. The molecule has 0 radical (unpaired) electrons. The van der Waals surface area contributed by atoms with E-state index in [2.05, 4.69) is 42.1 Å². The highest BCUT2D eigenvalue weighted by Gasteiger charge is 2.29. The number of carbonyl (C=O) groups is 1. The summed E-state index contributed by atoms with van der Waals surface area (Å²) in [6, 6.07) is 8.04. The zero-order valence-corrected chi connectivity index (χ0v) is 16.2. The minimum Gasteiger partial charge on any atom is -0.337 e. The number of H-pyrrole nitrogens is 1. The molecule has 0 spiro atoms. The normalized spacial score (nSPS) is 13.9. The molecule has 1 amide bonds. The third-order valence-electron chi connectivity index (χ3n) is 5.31. The Balaban J connectivity index is 1.74. The molecular formula is C21H24N4O2. The molecule has 2 aromatic heterocycles. The highest BCUT2D eigenvalue weighted by atomic mass is 16.2. The molecule has 1 aliphatic carbocycles. The van der Waals surface area contributed by atoms with Crippen molar-refractivity contribution in [3.8, 4) is 0 Å². The lowest BCUT2D eigenvalue weighted by Gasteiger charge is -2.19. The lowest BCUT2D eigenvalue weighted by molar-refractivity contribution is 0.0786. The summed E-state index contributed by atoms with van der Waals surface area (Å²) >= 11 is 0. The Morgan fingerprint density at radius 3 is 2.70 bits per heavy atom. The Morgan fingerprint density at radius 1 is 1.30 bits per heavy atom. The number of aryl methyl sites for hydroxylation is 3. The molecule has 1 N–H and O–H groups in total. The van der Waals surface area contributed by atoms with E-state index in [0.29, 0.717) is 29.1 Å². The van der Waals surface area contributed by atoms with Gasteiger partial charge in [-0.3, -0.25) is 19.4 Å². The summed E-state index contributed by atoms with van der Waals surface area (Å²) < 4.78 is 1.60. The maximum atomic E-state index is 13.2. The summed E-state index contributed by atoms with van der Waals surface area (Å²) in [6.07, 6.45) is 2.17. The summed E-state index contributed by atoms with van der Waals surface area (Å²) in [5.41, 5.74) is 5.08. The average Bonchev–Trinajstić information content (AvgIpc) is 3.43. The second-order valence-corrected chi connectivity index (χ2v) is 7.66. The predicted octanol–water partition coefficient (Wildman–Crippen LogP) is 3.03. The first kappa shape index (κ1) is 17.5. The first-order chi connectivity index (χ1) is 12.8. The highest BCUT2D eigenvalue weighted by molar-refractivity contribution is 6.05. The summed E-state index contributed by atoms with van der Waals surface area (Å²) in [4.78, 5) is 31.9. The first-order valence-corrected chi connectivity index (χ1v) is 9.26. The van der Waals surface area contributed by atoms with E-state index in [9.17, 15) is 9.59 Å². The molecule has 2 heterocycles. The van der Waals surface area contributed by atoms with E-state index < -0.39 is 0 Å². The Kier molecular flexibility index (Phi) is 4.13.